The smallest absolute Gasteiger partial charge is 0.338 e. The molecule has 2 amide bonds. The topological polar surface area (TPSA) is 136 Å². The monoisotopic (exact) mass is 457 g/mol. The summed E-state index contributed by atoms with van der Waals surface area (Å²) in [7, 11) is -4.14. The molecule has 0 aliphatic heterocycles. The summed E-state index contributed by atoms with van der Waals surface area (Å²) < 4.78 is 45.2. The number of nitrogens with one attached hydrogen (secondary N) is 1. The third kappa shape index (κ3) is 5.20. The Morgan fingerprint density at radius 1 is 1.20 bits per heavy atom. The first-order valence-electron chi connectivity index (χ1n) is 8.75. The van der Waals surface area contributed by atoms with E-state index in [1.807, 2.05) is 0 Å². The van der Waals surface area contributed by atoms with Crippen LogP contribution in [0.25, 0.3) is 0 Å². The van der Waals surface area contributed by atoms with Crippen molar-refractivity contribution in [3.8, 4) is 0 Å². The molecular weight excluding hydrogens is 437 g/mol. The summed E-state index contributed by atoms with van der Waals surface area (Å²) in [5.41, 5.74) is 5.07. The largest absolute Gasteiger partial charge is 0.452 e. The standard InChI is InChI=1S/C18H20FN3O6S2/c1-3-22(4-2)30(26,27)14-9-11(5-6-13(14)19)18(25)28-10-15(23)21-17-12(16(20)24)7-8-29-17/h5-9H,3-4,10H2,1-2H3,(H2,20,24)(H,21,23). The number of esters is 1. The summed E-state index contributed by atoms with van der Waals surface area (Å²) in [5.74, 6) is -3.47. The molecular formula is C18H20FN3O6S2. The van der Waals surface area contributed by atoms with E-state index >= 15 is 0 Å². The van der Waals surface area contributed by atoms with Crippen molar-refractivity contribution in [3.05, 3.63) is 46.6 Å². The van der Waals surface area contributed by atoms with E-state index in [0.29, 0.717) is 0 Å². The van der Waals surface area contributed by atoms with Crippen molar-refractivity contribution in [1.29, 1.82) is 0 Å². The van der Waals surface area contributed by atoms with Gasteiger partial charge in [0.25, 0.3) is 11.8 Å². The molecule has 30 heavy (non-hydrogen) atoms. The Labute approximate surface area is 176 Å². The average Bonchev–Trinajstić information content (AvgIpc) is 3.15. The van der Waals surface area contributed by atoms with Crippen LogP contribution in [0.1, 0.15) is 34.6 Å². The maximum Gasteiger partial charge on any atom is 0.338 e. The van der Waals surface area contributed by atoms with E-state index in [-0.39, 0.29) is 29.2 Å². The highest BCUT2D eigenvalue weighted by atomic mass is 32.2. The van der Waals surface area contributed by atoms with E-state index < -0.39 is 45.1 Å². The van der Waals surface area contributed by atoms with Crippen molar-refractivity contribution in [2.24, 2.45) is 5.73 Å². The van der Waals surface area contributed by atoms with Gasteiger partial charge in [0.2, 0.25) is 10.0 Å². The minimum Gasteiger partial charge on any atom is -0.452 e. The zero-order valence-corrected chi connectivity index (χ0v) is 17.8. The normalized spacial score (nSPS) is 11.3. The maximum absolute atomic E-state index is 14.1. The molecule has 0 aliphatic rings. The molecule has 1 aromatic heterocycles. The molecule has 0 unspecified atom stereocenters. The molecule has 0 fully saturated rings. The zero-order valence-electron chi connectivity index (χ0n) is 16.2. The molecule has 0 spiro atoms. The number of sulfonamides is 1. The van der Waals surface area contributed by atoms with Gasteiger partial charge in [-0.2, -0.15) is 4.31 Å². The number of hydrogen-bond donors (Lipinski definition) is 2. The van der Waals surface area contributed by atoms with Crippen LogP contribution in [-0.2, 0) is 19.6 Å². The molecule has 2 aromatic rings. The van der Waals surface area contributed by atoms with E-state index in [4.69, 9.17) is 10.5 Å². The lowest BCUT2D eigenvalue weighted by Crippen LogP contribution is -2.31. The highest BCUT2D eigenvalue weighted by molar-refractivity contribution is 7.89. The second kappa shape index (κ2) is 9.78. The molecule has 0 radical (unpaired) electrons. The predicted molar refractivity (Wildman–Crippen MR) is 108 cm³/mol. The van der Waals surface area contributed by atoms with Crippen LogP contribution in [0.2, 0.25) is 0 Å². The summed E-state index contributed by atoms with van der Waals surface area (Å²) in [6, 6.07) is 4.21. The first kappa shape index (κ1) is 23.4. The fraction of sp³-hybridized carbons (Fsp3) is 0.278. The number of hydrogen-bond acceptors (Lipinski definition) is 7. The van der Waals surface area contributed by atoms with Crippen LogP contribution >= 0.6 is 11.3 Å². The van der Waals surface area contributed by atoms with Crippen LogP contribution in [0.15, 0.2) is 34.5 Å². The number of amides is 2. The Morgan fingerprint density at radius 2 is 1.87 bits per heavy atom. The van der Waals surface area contributed by atoms with Crippen LogP contribution in [0.4, 0.5) is 9.39 Å². The van der Waals surface area contributed by atoms with Gasteiger partial charge < -0.3 is 15.8 Å². The van der Waals surface area contributed by atoms with Crippen LogP contribution in [0.3, 0.4) is 0 Å². The maximum atomic E-state index is 14.1. The van der Waals surface area contributed by atoms with Gasteiger partial charge in [-0.05, 0) is 29.6 Å². The molecule has 0 bridgehead atoms. The number of anilines is 1. The van der Waals surface area contributed by atoms with Gasteiger partial charge in [0, 0.05) is 13.1 Å². The fourth-order valence-electron chi connectivity index (χ4n) is 2.51. The summed E-state index contributed by atoms with van der Waals surface area (Å²) in [6.07, 6.45) is 0. The number of halogens is 1. The molecule has 1 aromatic carbocycles. The number of nitrogens with two attached hydrogens (primary N) is 1. The molecule has 3 N–H and O–H groups in total. The number of rotatable bonds is 9. The van der Waals surface area contributed by atoms with E-state index in [1.165, 1.54) is 6.07 Å². The van der Waals surface area contributed by atoms with E-state index in [2.05, 4.69) is 5.32 Å². The van der Waals surface area contributed by atoms with Crippen LogP contribution < -0.4 is 11.1 Å². The van der Waals surface area contributed by atoms with Gasteiger partial charge in [0.15, 0.2) is 6.61 Å². The Hall–Kier alpha value is -2.83. The van der Waals surface area contributed by atoms with Crippen molar-refractivity contribution in [2.45, 2.75) is 18.7 Å². The third-order valence-electron chi connectivity index (χ3n) is 4.01. The quantitative estimate of drug-likeness (QED) is 0.551. The first-order chi connectivity index (χ1) is 14.1. The van der Waals surface area contributed by atoms with Gasteiger partial charge >= 0.3 is 5.97 Å². The molecule has 0 aliphatic carbocycles. The number of carbonyl (C=O) groups excluding carboxylic acids is 3. The van der Waals surface area contributed by atoms with Crippen molar-refractivity contribution >= 4 is 44.1 Å². The minimum atomic E-state index is -4.14. The molecule has 2 rings (SSSR count). The van der Waals surface area contributed by atoms with E-state index in [0.717, 1.165) is 33.8 Å². The third-order valence-corrected chi connectivity index (χ3v) is 6.90. The van der Waals surface area contributed by atoms with Crippen molar-refractivity contribution in [1.82, 2.24) is 4.31 Å². The second-order valence-corrected chi connectivity index (χ2v) is 8.71. The molecule has 162 valence electrons. The van der Waals surface area contributed by atoms with Gasteiger partial charge in [-0.1, -0.05) is 13.8 Å². The lowest BCUT2D eigenvalue weighted by atomic mass is 10.2. The number of primary amides is 1. The number of carbonyl (C=O) groups is 3. The number of nitrogens with zero attached hydrogens (tertiary/aromatic N) is 1. The molecule has 1 heterocycles. The molecule has 0 saturated heterocycles. The van der Waals surface area contributed by atoms with E-state index in [9.17, 15) is 27.2 Å². The van der Waals surface area contributed by atoms with Gasteiger partial charge in [-0.15, -0.1) is 11.3 Å². The van der Waals surface area contributed by atoms with Crippen LogP contribution in [-0.4, -0.2) is 50.2 Å². The van der Waals surface area contributed by atoms with Gasteiger partial charge in [0.1, 0.15) is 15.7 Å². The van der Waals surface area contributed by atoms with Crippen molar-refractivity contribution in [3.63, 3.8) is 0 Å². The Kier molecular flexibility index (Phi) is 7.65. The van der Waals surface area contributed by atoms with E-state index in [1.54, 1.807) is 19.2 Å². The van der Waals surface area contributed by atoms with Crippen LogP contribution in [0.5, 0.6) is 0 Å². The SMILES string of the molecule is CCN(CC)S(=O)(=O)c1cc(C(=O)OCC(=O)Nc2sccc2C(N)=O)ccc1F. The predicted octanol–water partition coefficient (Wildman–Crippen LogP) is 1.81. The summed E-state index contributed by atoms with van der Waals surface area (Å²) in [6.45, 7) is 2.76. The van der Waals surface area contributed by atoms with Crippen LogP contribution in [0, 0.1) is 5.82 Å². The number of ether oxygens (including phenoxy) is 1. The van der Waals surface area contributed by atoms with Gasteiger partial charge in [-0.3, -0.25) is 9.59 Å². The second-order valence-electron chi connectivity index (χ2n) is 5.89. The number of thiophene rings is 1. The van der Waals surface area contributed by atoms with Crippen molar-refractivity contribution in [2.75, 3.05) is 25.0 Å². The van der Waals surface area contributed by atoms with Gasteiger partial charge in [0.05, 0.1) is 11.1 Å². The highest BCUT2D eigenvalue weighted by Gasteiger charge is 2.27. The van der Waals surface area contributed by atoms with Crippen molar-refractivity contribution < 1.29 is 31.9 Å². The number of benzene rings is 1. The highest BCUT2D eigenvalue weighted by Crippen LogP contribution is 2.23. The Morgan fingerprint density at radius 3 is 2.47 bits per heavy atom. The molecule has 0 saturated carbocycles. The summed E-state index contributed by atoms with van der Waals surface area (Å²) >= 11 is 1.06. The van der Waals surface area contributed by atoms with Gasteiger partial charge in [-0.25, -0.2) is 17.6 Å². The Bertz CT molecular complexity index is 1060. The molecule has 0 atom stereocenters. The fourth-order valence-corrected chi connectivity index (χ4v) is 4.86. The minimum absolute atomic E-state index is 0.115. The molecule has 12 heteroatoms. The lowest BCUT2D eigenvalue weighted by Gasteiger charge is -2.19. The summed E-state index contributed by atoms with van der Waals surface area (Å²) in [4.78, 5) is 34.8. The lowest BCUT2D eigenvalue weighted by molar-refractivity contribution is -0.119. The summed E-state index contributed by atoms with van der Waals surface area (Å²) in [5, 5.41) is 4.15. The first-order valence-corrected chi connectivity index (χ1v) is 11.1. The molecule has 9 nitrogen and oxygen atoms in total. The zero-order chi connectivity index (χ0) is 22.5. The Balaban J connectivity index is 2.11. The average molecular weight is 458 g/mol.